The lowest BCUT2D eigenvalue weighted by molar-refractivity contribution is 0.200. The Morgan fingerprint density at radius 1 is 1.25 bits per heavy atom. The third-order valence-corrected chi connectivity index (χ3v) is 2.91. The van der Waals surface area contributed by atoms with Gasteiger partial charge in [0.25, 0.3) is 0 Å². The average molecular weight is 275 g/mol. The van der Waals surface area contributed by atoms with Crippen LogP contribution >= 0.6 is 0 Å². The van der Waals surface area contributed by atoms with Gasteiger partial charge in [0.15, 0.2) is 0 Å². The van der Waals surface area contributed by atoms with Crippen LogP contribution < -0.4 is 4.74 Å². The van der Waals surface area contributed by atoms with E-state index in [0.29, 0.717) is 12.5 Å². The van der Waals surface area contributed by atoms with Crippen LogP contribution in [0.4, 0.5) is 0 Å². The van der Waals surface area contributed by atoms with E-state index in [0.717, 1.165) is 30.9 Å². The number of rotatable bonds is 7. The minimum Gasteiger partial charge on any atom is -0.492 e. The highest BCUT2D eigenvalue weighted by atomic mass is 16.5. The quantitative estimate of drug-likeness (QED) is 0.776. The van der Waals surface area contributed by atoms with E-state index in [1.54, 1.807) is 0 Å². The smallest absolute Gasteiger partial charge is 0.119 e. The standard InChI is InChI=1S/C17H25NO2/c1-4-18(14-15(2)3)11-13-20-17-9-7-16(8-10-17)6-5-12-19/h7-10,15,19H,4,11-14H2,1-3H3. The Kier molecular flexibility index (Phi) is 7.79. The van der Waals surface area contributed by atoms with Gasteiger partial charge in [0.05, 0.1) is 0 Å². The maximum absolute atomic E-state index is 8.63. The second-order valence-electron chi connectivity index (χ2n) is 5.12. The molecule has 1 rings (SSSR count). The molecule has 0 amide bonds. The van der Waals surface area contributed by atoms with Crippen molar-refractivity contribution in [2.24, 2.45) is 5.92 Å². The summed E-state index contributed by atoms with van der Waals surface area (Å²) in [7, 11) is 0. The van der Waals surface area contributed by atoms with Crippen LogP contribution in [0.3, 0.4) is 0 Å². The molecule has 0 aliphatic heterocycles. The Bertz CT molecular complexity index is 429. The zero-order valence-corrected chi connectivity index (χ0v) is 12.7. The third-order valence-electron chi connectivity index (χ3n) is 2.91. The van der Waals surface area contributed by atoms with Crippen molar-refractivity contribution in [1.29, 1.82) is 0 Å². The van der Waals surface area contributed by atoms with Gasteiger partial charge in [-0.2, -0.15) is 0 Å². The second kappa shape index (κ2) is 9.41. The predicted molar refractivity (Wildman–Crippen MR) is 82.9 cm³/mol. The highest BCUT2D eigenvalue weighted by molar-refractivity contribution is 5.38. The van der Waals surface area contributed by atoms with Crippen LogP contribution in [0.1, 0.15) is 26.3 Å². The first-order valence-corrected chi connectivity index (χ1v) is 7.20. The van der Waals surface area contributed by atoms with Crippen molar-refractivity contribution in [3.63, 3.8) is 0 Å². The second-order valence-corrected chi connectivity index (χ2v) is 5.12. The van der Waals surface area contributed by atoms with E-state index in [1.807, 2.05) is 24.3 Å². The largest absolute Gasteiger partial charge is 0.492 e. The minimum absolute atomic E-state index is 0.110. The number of nitrogens with zero attached hydrogens (tertiary/aromatic N) is 1. The molecular formula is C17H25NO2. The molecule has 0 spiro atoms. The van der Waals surface area contributed by atoms with Gasteiger partial charge in [-0.15, -0.1) is 0 Å². The summed E-state index contributed by atoms with van der Waals surface area (Å²) < 4.78 is 5.74. The van der Waals surface area contributed by atoms with Gasteiger partial charge in [-0.3, -0.25) is 4.90 Å². The normalized spacial score (nSPS) is 10.5. The first kappa shape index (κ1) is 16.6. The van der Waals surface area contributed by atoms with Crippen molar-refractivity contribution in [3.05, 3.63) is 29.8 Å². The summed E-state index contributed by atoms with van der Waals surface area (Å²) in [6.07, 6.45) is 0. The van der Waals surface area contributed by atoms with Crippen LogP contribution in [0.15, 0.2) is 24.3 Å². The molecule has 110 valence electrons. The van der Waals surface area contributed by atoms with Gasteiger partial charge < -0.3 is 9.84 Å². The molecule has 0 saturated carbocycles. The molecule has 0 aliphatic rings. The third kappa shape index (κ3) is 6.60. The summed E-state index contributed by atoms with van der Waals surface area (Å²) in [6.45, 7) is 10.3. The molecule has 0 aromatic heterocycles. The molecule has 3 heteroatoms. The van der Waals surface area contributed by atoms with Crippen LogP contribution in [0, 0.1) is 17.8 Å². The lowest BCUT2D eigenvalue weighted by Crippen LogP contribution is -2.31. The zero-order valence-electron chi connectivity index (χ0n) is 12.7. The molecule has 0 unspecified atom stereocenters. The molecule has 0 heterocycles. The summed E-state index contributed by atoms with van der Waals surface area (Å²) in [5.74, 6) is 7.03. The summed E-state index contributed by atoms with van der Waals surface area (Å²) in [5, 5.41) is 8.63. The monoisotopic (exact) mass is 275 g/mol. The van der Waals surface area contributed by atoms with E-state index in [4.69, 9.17) is 9.84 Å². The summed E-state index contributed by atoms with van der Waals surface area (Å²) in [4.78, 5) is 2.39. The van der Waals surface area contributed by atoms with Crippen LogP contribution in [0.2, 0.25) is 0 Å². The first-order valence-electron chi connectivity index (χ1n) is 7.20. The molecule has 0 fully saturated rings. The van der Waals surface area contributed by atoms with Crippen molar-refractivity contribution in [1.82, 2.24) is 4.90 Å². The van der Waals surface area contributed by atoms with Gasteiger partial charge in [-0.05, 0) is 36.7 Å². The lowest BCUT2D eigenvalue weighted by atomic mass is 10.2. The van der Waals surface area contributed by atoms with E-state index in [1.165, 1.54) is 0 Å². The van der Waals surface area contributed by atoms with Gasteiger partial charge in [0, 0.05) is 18.7 Å². The number of aliphatic hydroxyl groups excluding tert-OH is 1. The molecule has 0 saturated heterocycles. The molecule has 1 aromatic rings. The number of hydrogen-bond acceptors (Lipinski definition) is 3. The van der Waals surface area contributed by atoms with E-state index in [2.05, 4.69) is 37.5 Å². The summed E-state index contributed by atoms with van der Waals surface area (Å²) >= 11 is 0. The number of likely N-dealkylation sites (N-methyl/N-ethyl adjacent to an activating group) is 1. The van der Waals surface area contributed by atoms with Crippen LogP contribution in [-0.2, 0) is 0 Å². The Morgan fingerprint density at radius 2 is 1.95 bits per heavy atom. The molecule has 0 radical (unpaired) electrons. The van der Waals surface area contributed by atoms with Crippen molar-refractivity contribution < 1.29 is 9.84 Å². The fraction of sp³-hybridized carbons (Fsp3) is 0.529. The average Bonchev–Trinajstić information content (AvgIpc) is 2.45. The minimum atomic E-state index is -0.110. The summed E-state index contributed by atoms with van der Waals surface area (Å²) in [5.41, 5.74) is 0.890. The van der Waals surface area contributed by atoms with Crippen molar-refractivity contribution in [2.75, 3.05) is 32.8 Å². The van der Waals surface area contributed by atoms with Gasteiger partial charge >= 0.3 is 0 Å². The van der Waals surface area contributed by atoms with Gasteiger partial charge in [-0.1, -0.05) is 32.6 Å². The molecule has 0 aliphatic carbocycles. The van der Waals surface area contributed by atoms with Crippen molar-refractivity contribution >= 4 is 0 Å². The topological polar surface area (TPSA) is 32.7 Å². The predicted octanol–water partition coefficient (Wildman–Crippen LogP) is 2.39. The van der Waals surface area contributed by atoms with E-state index in [-0.39, 0.29) is 6.61 Å². The Labute approximate surface area is 122 Å². The molecule has 0 bridgehead atoms. The van der Waals surface area contributed by atoms with Gasteiger partial charge in [-0.25, -0.2) is 0 Å². The zero-order chi connectivity index (χ0) is 14.8. The first-order chi connectivity index (χ1) is 9.65. The lowest BCUT2D eigenvalue weighted by Gasteiger charge is -2.22. The fourth-order valence-corrected chi connectivity index (χ4v) is 1.96. The van der Waals surface area contributed by atoms with Crippen molar-refractivity contribution in [3.8, 4) is 17.6 Å². The molecular weight excluding hydrogens is 250 g/mol. The fourth-order valence-electron chi connectivity index (χ4n) is 1.96. The Balaban J connectivity index is 2.38. The highest BCUT2D eigenvalue weighted by Gasteiger charge is 2.04. The number of hydrogen-bond donors (Lipinski definition) is 1. The highest BCUT2D eigenvalue weighted by Crippen LogP contribution is 2.11. The van der Waals surface area contributed by atoms with Gasteiger partial charge in [0.2, 0.25) is 0 Å². The maximum atomic E-state index is 8.63. The molecule has 1 aromatic carbocycles. The number of aliphatic hydroxyl groups is 1. The maximum Gasteiger partial charge on any atom is 0.119 e. The molecule has 1 N–H and O–H groups in total. The van der Waals surface area contributed by atoms with E-state index < -0.39 is 0 Å². The SMILES string of the molecule is CCN(CCOc1ccc(C#CCO)cc1)CC(C)C. The van der Waals surface area contributed by atoms with Gasteiger partial charge in [0.1, 0.15) is 19.0 Å². The molecule has 20 heavy (non-hydrogen) atoms. The summed E-state index contributed by atoms with van der Waals surface area (Å²) in [6, 6.07) is 7.65. The van der Waals surface area contributed by atoms with Crippen LogP contribution in [0.25, 0.3) is 0 Å². The van der Waals surface area contributed by atoms with Crippen LogP contribution in [0.5, 0.6) is 5.75 Å². The Morgan fingerprint density at radius 3 is 2.50 bits per heavy atom. The van der Waals surface area contributed by atoms with Crippen LogP contribution in [-0.4, -0.2) is 42.9 Å². The number of ether oxygens (including phenoxy) is 1. The molecule has 3 nitrogen and oxygen atoms in total. The van der Waals surface area contributed by atoms with Crippen molar-refractivity contribution in [2.45, 2.75) is 20.8 Å². The number of benzene rings is 1. The molecule has 0 atom stereocenters. The van der Waals surface area contributed by atoms with E-state index in [9.17, 15) is 0 Å². The Hall–Kier alpha value is -1.50. The van der Waals surface area contributed by atoms with E-state index >= 15 is 0 Å².